The Morgan fingerprint density at radius 3 is 2.29 bits per heavy atom. The lowest BCUT2D eigenvalue weighted by molar-refractivity contribution is -0.00795. The Bertz CT molecular complexity index is 1240. The van der Waals surface area contributed by atoms with Crippen LogP contribution < -0.4 is 19.1 Å². The van der Waals surface area contributed by atoms with Crippen LogP contribution in [0, 0.1) is 13.8 Å². The number of hydrogen-bond donors (Lipinski definition) is 0. The molecule has 1 aromatic heterocycles. The summed E-state index contributed by atoms with van der Waals surface area (Å²) < 4.78 is 29.4. The zero-order chi connectivity index (χ0) is 24.8. The van der Waals surface area contributed by atoms with Crippen molar-refractivity contribution in [2.24, 2.45) is 0 Å². The summed E-state index contributed by atoms with van der Waals surface area (Å²) in [5.74, 6) is 1.61. The normalized spacial score (nSPS) is 14.0. The van der Waals surface area contributed by atoms with Crippen molar-refractivity contribution in [3.05, 3.63) is 62.8 Å². The second-order valence-electron chi connectivity index (χ2n) is 8.80. The fourth-order valence-electron chi connectivity index (χ4n) is 4.12. The summed E-state index contributed by atoms with van der Waals surface area (Å²) >= 11 is 3.46. The Morgan fingerprint density at radius 2 is 1.68 bits per heavy atom. The van der Waals surface area contributed by atoms with Crippen LogP contribution in [0.2, 0.25) is 0 Å². The van der Waals surface area contributed by atoms with E-state index in [9.17, 15) is 4.79 Å². The van der Waals surface area contributed by atoms with Gasteiger partial charge in [-0.25, -0.2) is 0 Å². The van der Waals surface area contributed by atoms with Crippen molar-refractivity contribution < 1.29 is 28.2 Å². The summed E-state index contributed by atoms with van der Waals surface area (Å²) in [6, 6.07) is 9.32. The van der Waals surface area contributed by atoms with Gasteiger partial charge in [-0.1, -0.05) is 0 Å². The molecule has 2 heterocycles. The van der Waals surface area contributed by atoms with Crippen LogP contribution in [0.5, 0.6) is 23.2 Å². The Kier molecular flexibility index (Phi) is 6.40. The Hall–Kier alpha value is -2.97. The highest BCUT2D eigenvalue weighted by atomic mass is 79.9. The van der Waals surface area contributed by atoms with Crippen LogP contribution in [0.15, 0.2) is 39.2 Å². The minimum Gasteiger partial charge on any atom is -0.494 e. The number of fused-ring (bicyclic) bond motifs is 1. The third-order valence-corrected chi connectivity index (χ3v) is 6.52. The molecule has 0 N–H and O–H groups in total. The third-order valence-electron chi connectivity index (χ3n) is 5.97. The maximum absolute atomic E-state index is 13.3. The molecule has 1 aliphatic rings. The zero-order valence-electron chi connectivity index (χ0n) is 20.4. The third kappa shape index (κ3) is 4.28. The van der Waals surface area contributed by atoms with Crippen molar-refractivity contribution in [3.8, 4) is 23.2 Å². The van der Waals surface area contributed by atoms with E-state index in [4.69, 9.17) is 23.4 Å². The number of methoxy groups -OCH3 is 2. The monoisotopic (exact) mass is 529 g/mol. The molecule has 0 aliphatic carbocycles. The number of benzene rings is 2. The van der Waals surface area contributed by atoms with Gasteiger partial charge in [0, 0.05) is 13.1 Å². The number of hydrogen-bond acceptors (Lipinski definition) is 6. The highest BCUT2D eigenvalue weighted by Crippen LogP contribution is 2.43. The summed E-state index contributed by atoms with van der Waals surface area (Å²) in [5, 5.41) is 0. The van der Waals surface area contributed by atoms with Crippen molar-refractivity contribution in [1.29, 1.82) is 0 Å². The molecule has 1 amide bonds. The number of aryl methyl sites for hydroxylation is 2. The average Bonchev–Trinajstić information content (AvgIpc) is 3.30. The molecule has 0 saturated heterocycles. The van der Waals surface area contributed by atoms with Gasteiger partial charge in [-0.3, -0.25) is 4.79 Å². The molecule has 34 heavy (non-hydrogen) atoms. The highest BCUT2D eigenvalue weighted by Gasteiger charge is 2.32. The predicted molar refractivity (Wildman–Crippen MR) is 132 cm³/mol. The van der Waals surface area contributed by atoms with Gasteiger partial charge in [0.25, 0.3) is 5.91 Å². The number of halogens is 1. The summed E-state index contributed by atoms with van der Waals surface area (Å²) in [4.78, 5) is 14.8. The van der Waals surface area contributed by atoms with Crippen molar-refractivity contribution >= 4 is 27.5 Å². The molecule has 3 aromatic rings. The number of carbonyl (C=O) groups is 1. The Labute approximate surface area is 207 Å². The molecule has 0 atom stereocenters. The van der Waals surface area contributed by atoms with Gasteiger partial charge < -0.3 is 28.3 Å². The first kappa shape index (κ1) is 24.2. The summed E-state index contributed by atoms with van der Waals surface area (Å²) in [6.07, 6.45) is 0. The first-order chi connectivity index (χ1) is 16.1. The second-order valence-corrected chi connectivity index (χ2v) is 9.66. The largest absolute Gasteiger partial charge is 0.494 e. The van der Waals surface area contributed by atoms with Gasteiger partial charge in [-0.2, -0.15) is 0 Å². The average molecular weight is 530 g/mol. The van der Waals surface area contributed by atoms with Gasteiger partial charge in [0.15, 0.2) is 5.76 Å². The quantitative estimate of drug-likeness (QED) is 0.362. The summed E-state index contributed by atoms with van der Waals surface area (Å²) in [5.41, 5.74) is 4.23. The molecular weight excluding hydrogens is 502 g/mol. The maximum atomic E-state index is 13.3. The number of carbonyl (C=O) groups excluding carboxylic acids is 1. The van der Waals surface area contributed by atoms with E-state index in [1.54, 1.807) is 27.3 Å². The van der Waals surface area contributed by atoms with E-state index in [1.807, 2.05) is 45.9 Å². The van der Waals surface area contributed by atoms with Crippen LogP contribution in [0.4, 0.5) is 5.69 Å². The Balaban J connectivity index is 1.64. The second kappa shape index (κ2) is 9.00. The minimum absolute atomic E-state index is 0.108. The molecule has 7 nitrogen and oxygen atoms in total. The molecule has 0 fully saturated rings. The first-order valence-electron chi connectivity index (χ1n) is 10.8. The van der Waals surface area contributed by atoms with Crippen molar-refractivity contribution in [2.45, 2.75) is 39.9 Å². The lowest BCUT2D eigenvalue weighted by Crippen LogP contribution is -2.26. The van der Waals surface area contributed by atoms with Gasteiger partial charge in [-0.05, 0) is 90.1 Å². The molecule has 0 spiro atoms. The van der Waals surface area contributed by atoms with Crippen molar-refractivity contribution in [3.63, 3.8) is 0 Å². The maximum Gasteiger partial charge on any atom is 0.305 e. The fraction of sp³-hybridized carbons (Fsp3) is 0.346. The molecule has 2 aromatic carbocycles. The van der Waals surface area contributed by atoms with E-state index in [-0.39, 0.29) is 17.6 Å². The van der Waals surface area contributed by atoms with Gasteiger partial charge in [0.2, 0.25) is 0 Å². The van der Waals surface area contributed by atoms with E-state index >= 15 is 0 Å². The number of nitrogens with zero attached hydrogens (tertiary/aromatic N) is 1. The standard InChI is InChI=1S/C26H28BrNO6/c1-14-8-20(30-6)23(21(9-14)31-7)28(5)24(29)22-12-18(27)25(34-22)33-19-11-17-16(10-15(19)2)13-32-26(17,3)4/h8-12H,13H2,1-7H3. The topological polar surface area (TPSA) is 70.4 Å². The van der Waals surface area contributed by atoms with E-state index in [0.717, 1.165) is 22.3 Å². The molecule has 0 saturated carbocycles. The van der Waals surface area contributed by atoms with Crippen molar-refractivity contribution in [2.75, 3.05) is 26.2 Å². The molecule has 0 radical (unpaired) electrons. The fourth-order valence-corrected chi connectivity index (χ4v) is 4.49. The van der Waals surface area contributed by atoms with Gasteiger partial charge in [0.1, 0.15) is 27.4 Å². The first-order valence-corrected chi connectivity index (χ1v) is 11.6. The number of ether oxygens (including phenoxy) is 4. The van der Waals surface area contributed by atoms with Gasteiger partial charge >= 0.3 is 5.95 Å². The van der Waals surface area contributed by atoms with Crippen LogP contribution in [0.3, 0.4) is 0 Å². The zero-order valence-corrected chi connectivity index (χ0v) is 22.0. The number of anilines is 1. The summed E-state index contributed by atoms with van der Waals surface area (Å²) in [7, 11) is 4.75. The van der Waals surface area contributed by atoms with Crippen LogP contribution in [0.1, 0.15) is 46.7 Å². The number of rotatable bonds is 6. The van der Waals surface area contributed by atoms with E-state index in [0.29, 0.717) is 34.0 Å². The molecule has 180 valence electrons. The Morgan fingerprint density at radius 1 is 1.03 bits per heavy atom. The van der Waals surface area contributed by atoms with E-state index in [1.165, 1.54) is 4.90 Å². The van der Waals surface area contributed by atoms with E-state index in [2.05, 4.69) is 22.0 Å². The van der Waals surface area contributed by atoms with Crippen LogP contribution >= 0.6 is 15.9 Å². The van der Waals surface area contributed by atoms with Crippen molar-refractivity contribution in [1.82, 2.24) is 0 Å². The van der Waals surface area contributed by atoms with E-state index < -0.39 is 5.60 Å². The lowest BCUT2D eigenvalue weighted by Gasteiger charge is -2.22. The molecular formula is C26H28BrNO6. The molecule has 1 aliphatic heterocycles. The smallest absolute Gasteiger partial charge is 0.305 e. The van der Waals surface area contributed by atoms with Gasteiger partial charge in [-0.15, -0.1) is 0 Å². The molecule has 8 heteroatoms. The highest BCUT2D eigenvalue weighted by molar-refractivity contribution is 9.10. The number of furan rings is 1. The summed E-state index contributed by atoms with van der Waals surface area (Å²) in [6.45, 7) is 8.53. The number of amides is 1. The molecule has 4 rings (SSSR count). The SMILES string of the molecule is COc1cc(C)cc(OC)c1N(C)C(=O)c1cc(Br)c(Oc2cc3c(cc2C)COC3(C)C)o1. The van der Waals surface area contributed by atoms with Gasteiger partial charge in [0.05, 0.1) is 26.4 Å². The van der Waals surface area contributed by atoms with Crippen LogP contribution in [0.25, 0.3) is 0 Å². The molecule has 0 bridgehead atoms. The van der Waals surface area contributed by atoms with Crippen LogP contribution in [-0.4, -0.2) is 27.2 Å². The lowest BCUT2D eigenvalue weighted by atomic mass is 9.94. The minimum atomic E-state index is -0.391. The molecule has 0 unspecified atom stereocenters. The van der Waals surface area contributed by atoms with Crippen LogP contribution in [-0.2, 0) is 16.9 Å². The predicted octanol–water partition coefficient (Wildman–Crippen LogP) is 6.51.